The lowest BCUT2D eigenvalue weighted by atomic mass is 10.0. The van der Waals surface area contributed by atoms with Gasteiger partial charge < -0.3 is 4.74 Å². The van der Waals surface area contributed by atoms with Crippen molar-refractivity contribution in [1.29, 1.82) is 0 Å². The number of carbonyl (C=O) groups excluding carboxylic acids is 2. The average Bonchev–Trinajstić information content (AvgIpc) is 2.48. The first kappa shape index (κ1) is 13.0. The fourth-order valence-corrected chi connectivity index (χ4v) is 1.70. The molecule has 19 heavy (non-hydrogen) atoms. The van der Waals surface area contributed by atoms with E-state index in [1.54, 1.807) is 31.2 Å². The van der Waals surface area contributed by atoms with Crippen LogP contribution in [-0.2, 0) is 4.79 Å². The highest BCUT2D eigenvalue weighted by Gasteiger charge is 2.17. The molecule has 0 amide bonds. The first-order valence-electron chi connectivity index (χ1n) is 6.02. The minimum atomic E-state index is -0.327. The van der Waals surface area contributed by atoms with Gasteiger partial charge in [-0.1, -0.05) is 30.3 Å². The van der Waals surface area contributed by atoms with Gasteiger partial charge in [0.1, 0.15) is 12.0 Å². The lowest BCUT2D eigenvalue weighted by molar-refractivity contribution is -0.135. The second-order valence-corrected chi connectivity index (χ2v) is 4.24. The maximum atomic E-state index is 12.0. The molecule has 0 aliphatic rings. The number of hydrogen-bond donors (Lipinski definition) is 0. The van der Waals surface area contributed by atoms with Crippen LogP contribution in [0.4, 0.5) is 0 Å². The largest absolute Gasteiger partial charge is 0.426 e. The molecule has 0 saturated heterocycles. The molecule has 0 aromatic heterocycles. The minimum absolute atomic E-state index is 0.315. The molecule has 0 fully saturated rings. The van der Waals surface area contributed by atoms with Crippen molar-refractivity contribution in [2.24, 2.45) is 0 Å². The van der Waals surface area contributed by atoms with E-state index in [0.29, 0.717) is 11.3 Å². The van der Waals surface area contributed by atoms with Crippen molar-refractivity contribution in [2.75, 3.05) is 0 Å². The van der Waals surface area contributed by atoms with Crippen LogP contribution in [0.15, 0.2) is 54.6 Å². The van der Waals surface area contributed by atoms with Crippen LogP contribution in [0, 0.1) is 0 Å². The minimum Gasteiger partial charge on any atom is -0.426 e. The smallest absolute Gasteiger partial charge is 0.318 e. The molecule has 0 spiro atoms. The van der Waals surface area contributed by atoms with Crippen molar-refractivity contribution in [2.45, 2.75) is 12.8 Å². The Hall–Kier alpha value is -2.42. The molecule has 1 atom stereocenters. The van der Waals surface area contributed by atoms with Crippen LogP contribution in [0.1, 0.15) is 28.8 Å². The summed E-state index contributed by atoms with van der Waals surface area (Å²) in [4.78, 5) is 22.5. The predicted octanol–water partition coefficient (Wildman–Crippen LogP) is 3.21. The highest BCUT2D eigenvalue weighted by atomic mass is 16.5. The topological polar surface area (TPSA) is 43.4 Å². The Labute approximate surface area is 111 Å². The maximum Gasteiger partial charge on any atom is 0.318 e. The quantitative estimate of drug-likeness (QED) is 0.478. The van der Waals surface area contributed by atoms with Crippen LogP contribution in [0.2, 0.25) is 0 Å². The van der Waals surface area contributed by atoms with Crippen LogP contribution in [0.25, 0.3) is 0 Å². The van der Waals surface area contributed by atoms with Crippen molar-refractivity contribution in [1.82, 2.24) is 0 Å². The van der Waals surface area contributed by atoms with E-state index in [1.807, 2.05) is 30.3 Å². The summed E-state index contributed by atoms with van der Waals surface area (Å²) >= 11 is 0. The number of aldehydes is 1. The molecule has 0 aliphatic carbocycles. The number of esters is 1. The lowest BCUT2D eigenvalue weighted by Gasteiger charge is -2.11. The van der Waals surface area contributed by atoms with E-state index in [0.717, 1.165) is 11.8 Å². The van der Waals surface area contributed by atoms with Crippen molar-refractivity contribution in [3.05, 3.63) is 65.7 Å². The summed E-state index contributed by atoms with van der Waals surface area (Å²) in [6.07, 6.45) is 0.748. The molecule has 2 aromatic rings. The van der Waals surface area contributed by atoms with E-state index < -0.39 is 0 Å². The van der Waals surface area contributed by atoms with Crippen LogP contribution < -0.4 is 4.74 Å². The van der Waals surface area contributed by atoms with Crippen LogP contribution in [0.3, 0.4) is 0 Å². The molecule has 0 unspecified atom stereocenters. The molecule has 3 heteroatoms. The van der Waals surface area contributed by atoms with Gasteiger partial charge in [0.15, 0.2) is 0 Å². The third-order valence-corrected chi connectivity index (χ3v) is 2.89. The summed E-state index contributed by atoms with van der Waals surface area (Å²) in [5, 5.41) is 0. The molecule has 0 radical (unpaired) electrons. The summed E-state index contributed by atoms with van der Waals surface area (Å²) in [7, 11) is 0. The Kier molecular flexibility index (Phi) is 4.08. The van der Waals surface area contributed by atoms with Gasteiger partial charge >= 0.3 is 5.97 Å². The van der Waals surface area contributed by atoms with Crippen LogP contribution in [0.5, 0.6) is 5.75 Å². The zero-order valence-electron chi connectivity index (χ0n) is 10.6. The average molecular weight is 254 g/mol. The number of carbonyl (C=O) groups is 2. The zero-order valence-corrected chi connectivity index (χ0v) is 10.6. The van der Waals surface area contributed by atoms with Gasteiger partial charge in [0, 0.05) is 5.56 Å². The monoisotopic (exact) mass is 254 g/mol. The third-order valence-electron chi connectivity index (χ3n) is 2.89. The number of benzene rings is 2. The summed E-state index contributed by atoms with van der Waals surface area (Å²) in [5.41, 5.74) is 1.47. The molecule has 0 heterocycles. The van der Waals surface area contributed by atoms with E-state index in [1.165, 1.54) is 0 Å². The first-order valence-corrected chi connectivity index (χ1v) is 6.02. The van der Waals surface area contributed by atoms with Crippen LogP contribution >= 0.6 is 0 Å². The van der Waals surface area contributed by atoms with Gasteiger partial charge in [-0.05, 0) is 36.8 Å². The van der Waals surface area contributed by atoms with Gasteiger partial charge in [0.05, 0.1) is 5.92 Å². The number of ether oxygens (including phenoxy) is 1. The van der Waals surface area contributed by atoms with Gasteiger partial charge in [-0.15, -0.1) is 0 Å². The summed E-state index contributed by atoms with van der Waals surface area (Å²) in [6.45, 7) is 1.80. The van der Waals surface area contributed by atoms with E-state index in [-0.39, 0.29) is 11.9 Å². The second kappa shape index (κ2) is 5.96. The number of hydrogen-bond acceptors (Lipinski definition) is 3. The van der Waals surface area contributed by atoms with E-state index >= 15 is 0 Å². The number of rotatable bonds is 4. The lowest BCUT2D eigenvalue weighted by Crippen LogP contribution is -2.16. The predicted molar refractivity (Wildman–Crippen MR) is 72.3 cm³/mol. The van der Waals surface area contributed by atoms with Gasteiger partial charge in [-0.3, -0.25) is 9.59 Å². The molecular weight excluding hydrogens is 240 g/mol. The molecular formula is C16H14O3. The van der Waals surface area contributed by atoms with Crippen molar-refractivity contribution in [3.8, 4) is 5.75 Å². The Morgan fingerprint density at radius 2 is 1.68 bits per heavy atom. The molecule has 2 rings (SSSR count). The Bertz CT molecular complexity index is 558. The summed E-state index contributed by atoms with van der Waals surface area (Å²) < 4.78 is 5.28. The van der Waals surface area contributed by atoms with Gasteiger partial charge in [-0.2, -0.15) is 0 Å². The first-order chi connectivity index (χ1) is 9.20. The van der Waals surface area contributed by atoms with Crippen molar-refractivity contribution < 1.29 is 14.3 Å². The van der Waals surface area contributed by atoms with Crippen molar-refractivity contribution >= 4 is 12.3 Å². The van der Waals surface area contributed by atoms with Gasteiger partial charge in [-0.25, -0.2) is 0 Å². The molecule has 2 aromatic carbocycles. The summed E-state index contributed by atoms with van der Waals surface area (Å²) in [6, 6.07) is 15.9. The fourth-order valence-electron chi connectivity index (χ4n) is 1.70. The van der Waals surface area contributed by atoms with E-state index in [9.17, 15) is 9.59 Å². The Morgan fingerprint density at radius 3 is 2.26 bits per heavy atom. The maximum absolute atomic E-state index is 12.0. The fraction of sp³-hybridized carbons (Fsp3) is 0.125. The third kappa shape index (κ3) is 3.28. The van der Waals surface area contributed by atoms with Crippen molar-refractivity contribution in [3.63, 3.8) is 0 Å². The molecule has 0 N–H and O–H groups in total. The molecule has 96 valence electrons. The van der Waals surface area contributed by atoms with Gasteiger partial charge in [0.2, 0.25) is 0 Å². The molecule has 0 saturated carbocycles. The zero-order chi connectivity index (χ0) is 13.7. The van der Waals surface area contributed by atoms with E-state index in [2.05, 4.69) is 0 Å². The highest BCUT2D eigenvalue weighted by Crippen LogP contribution is 2.19. The van der Waals surface area contributed by atoms with Gasteiger partial charge in [0.25, 0.3) is 0 Å². The van der Waals surface area contributed by atoms with Crippen LogP contribution in [-0.4, -0.2) is 12.3 Å². The molecule has 0 aliphatic heterocycles. The van der Waals surface area contributed by atoms with E-state index in [4.69, 9.17) is 4.74 Å². The molecule has 0 bridgehead atoms. The normalized spacial score (nSPS) is 11.6. The SMILES string of the molecule is C[C@@H](C(=O)Oc1ccc(C=O)cc1)c1ccccc1. The Balaban J connectivity index is 2.06. The second-order valence-electron chi connectivity index (χ2n) is 4.24. The highest BCUT2D eigenvalue weighted by molar-refractivity contribution is 5.80. The Morgan fingerprint density at radius 1 is 1.05 bits per heavy atom. The summed E-state index contributed by atoms with van der Waals surface area (Å²) in [5.74, 6) is -0.199. The standard InChI is InChI=1S/C16H14O3/c1-12(14-5-3-2-4-6-14)16(18)19-15-9-7-13(11-17)8-10-15/h2-12H,1H3/t12-/m1/s1. The molecule has 3 nitrogen and oxygen atoms in total.